The molecule has 2 rings (SSSR count). The van der Waals surface area contributed by atoms with Crippen molar-refractivity contribution in [3.8, 4) is 5.75 Å². The molecule has 8 nitrogen and oxygen atoms in total. The van der Waals surface area contributed by atoms with Gasteiger partial charge in [0.1, 0.15) is 11.8 Å². The number of carbonyl (C=O) groups excluding carboxylic acids is 4. The Morgan fingerprint density at radius 3 is 2.65 bits per heavy atom. The van der Waals surface area contributed by atoms with Crippen LogP contribution in [0.4, 0.5) is 4.79 Å². The summed E-state index contributed by atoms with van der Waals surface area (Å²) in [5, 5.41) is -0.353. The van der Waals surface area contributed by atoms with Gasteiger partial charge in [0.15, 0.2) is 6.61 Å². The van der Waals surface area contributed by atoms with Gasteiger partial charge < -0.3 is 15.2 Å². The minimum atomic E-state index is -1.02. The van der Waals surface area contributed by atoms with Crippen LogP contribution >= 0.6 is 23.4 Å². The van der Waals surface area contributed by atoms with Gasteiger partial charge in [-0.2, -0.15) is 0 Å². The lowest BCUT2D eigenvalue weighted by Crippen LogP contribution is -2.42. The molecule has 0 saturated carbocycles. The zero-order valence-corrected chi connectivity index (χ0v) is 15.4. The highest BCUT2D eigenvalue weighted by molar-refractivity contribution is 8.18. The van der Waals surface area contributed by atoms with Gasteiger partial charge in [-0.1, -0.05) is 17.7 Å². The average molecular weight is 399 g/mol. The van der Waals surface area contributed by atoms with Crippen molar-refractivity contribution >= 4 is 52.5 Å². The second-order valence-electron chi connectivity index (χ2n) is 5.20. The molecular weight excluding hydrogens is 384 g/mol. The van der Waals surface area contributed by atoms with E-state index in [2.05, 4.69) is 4.74 Å². The molecular formula is C16H15ClN2O6S. The Balaban J connectivity index is 2.21. The molecule has 0 aromatic heterocycles. The maximum absolute atomic E-state index is 12.4. The normalized spacial score (nSPS) is 16.7. The van der Waals surface area contributed by atoms with Gasteiger partial charge >= 0.3 is 5.97 Å². The van der Waals surface area contributed by atoms with Crippen molar-refractivity contribution < 1.29 is 28.7 Å². The van der Waals surface area contributed by atoms with Gasteiger partial charge in [-0.3, -0.25) is 19.3 Å². The lowest BCUT2D eigenvalue weighted by atomic mass is 10.2. The molecule has 1 aromatic carbocycles. The van der Waals surface area contributed by atoms with Crippen LogP contribution in [-0.2, 0) is 19.1 Å². The van der Waals surface area contributed by atoms with Crippen LogP contribution in [0.3, 0.4) is 0 Å². The molecule has 10 heteroatoms. The van der Waals surface area contributed by atoms with Crippen LogP contribution in [0.15, 0.2) is 23.1 Å². The van der Waals surface area contributed by atoms with E-state index in [1.165, 1.54) is 32.2 Å². The number of carbonyl (C=O) groups is 4. The highest BCUT2D eigenvalue weighted by Gasteiger charge is 2.41. The van der Waals surface area contributed by atoms with E-state index >= 15 is 0 Å². The third-order valence-electron chi connectivity index (χ3n) is 3.38. The number of methoxy groups -OCH3 is 1. The predicted octanol–water partition coefficient (Wildman–Crippen LogP) is 1.80. The number of rotatable bonds is 6. The number of nitrogens with two attached hydrogens (primary N) is 1. The van der Waals surface area contributed by atoms with Crippen LogP contribution < -0.4 is 10.5 Å². The van der Waals surface area contributed by atoms with Crippen molar-refractivity contribution in [3.63, 3.8) is 0 Å². The highest BCUT2D eigenvalue weighted by Crippen LogP contribution is 2.35. The lowest BCUT2D eigenvalue weighted by molar-refractivity contribution is -0.148. The Morgan fingerprint density at radius 2 is 2.08 bits per heavy atom. The molecule has 0 bridgehead atoms. The van der Waals surface area contributed by atoms with Gasteiger partial charge in [0.2, 0.25) is 0 Å². The quantitative estimate of drug-likeness (QED) is 0.573. The maximum atomic E-state index is 12.4. The molecule has 1 heterocycles. The summed E-state index contributed by atoms with van der Waals surface area (Å²) in [6, 6.07) is 3.60. The number of halogens is 1. The number of hydrogen-bond acceptors (Lipinski definition) is 7. The van der Waals surface area contributed by atoms with Crippen LogP contribution in [0.2, 0.25) is 5.02 Å². The molecule has 3 amide bonds. The summed E-state index contributed by atoms with van der Waals surface area (Å²) in [6.07, 6.45) is 1.47. The van der Waals surface area contributed by atoms with E-state index in [1.807, 2.05) is 0 Å². The highest BCUT2D eigenvalue weighted by atomic mass is 35.5. The number of thioether (sulfide) groups is 1. The molecule has 1 aliphatic heterocycles. The van der Waals surface area contributed by atoms with Crippen molar-refractivity contribution in [2.75, 3.05) is 13.7 Å². The van der Waals surface area contributed by atoms with E-state index in [4.69, 9.17) is 22.1 Å². The van der Waals surface area contributed by atoms with Crippen LogP contribution in [0, 0.1) is 0 Å². The van der Waals surface area contributed by atoms with Crippen LogP contribution in [0.5, 0.6) is 5.75 Å². The summed E-state index contributed by atoms with van der Waals surface area (Å²) in [6.45, 7) is 1.09. The van der Waals surface area contributed by atoms with E-state index < -0.39 is 29.1 Å². The number of primary amides is 1. The molecule has 2 N–H and O–H groups in total. The van der Waals surface area contributed by atoms with E-state index in [9.17, 15) is 19.2 Å². The van der Waals surface area contributed by atoms with E-state index in [1.54, 1.807) is 6.07 Å². The fourth-order valence-electron chi connectivity index (χ4n) is 2.11. The molecule has 1 aliphatic rings. The Kier molecular flexibility index (Phi) is 6.27. The van der Waals surface area contributed by atoms with Gasteiger partial charge in [0.25, 0.3) is 17.1 Å². The number of esters is 1. The summed E-state index contributed by atoms with van der Waals surface area (Å²) in [5.41, 5.74) is 5.54. The van der Waals surface area contributed by atoms with Crippen LogP contribution in [-0.4, -0.2) is 47.7 Å². The summed E-state index contributed by atoms with van der Waals surface area (Å²) >= 11 is 6.78. The number of nitrogens with zero attached hydrogens (tertiary/aromatic N) is 1. The fraction of sp³-hybridized carbons (Fsp3) is 0.250. The number of ether oxygens (including phenoxy) is 2. The topological polar surface area (TPSA) is 116 Å². The standard InChI is InChI=1S/C16H15ClN2O6S/c1-8(15(22)24-2)19-14(21)12(26-16(19)23)6-9-3-4-11(10(17)5-9)25-7-13(18)20/h3-6,8H,7H2,1-2H3,(H2,18,20). The average Bonchev–Trinajstić information content (AvgIpc) is 2.86. The molecule has 1 fully saturated rings. The second kappa shape index (κ2) is 8.24. The largest absolute Gasteiger partial charge is 0.482 e. The van der Waals surface area contributed by atoms with E-state index in [0.29, 0.717) is 17.3 Å². The third-order valence-corrected chi connectivity index (χ3v) is 4.56. The predicted molar refractivity (Wildman–Crippen MR) is 95.4 cm³/mol. The van der Waals surface area contributed by atoms with Crippen molar-refractivity contribution in [2.45, 2.75) is 13.0 Å². The van der Waals surface area contributed by atoms with Gasteiger partial charge in [0, 0.05) is 0 Å². The first-order valence-electron chi connectivity index (χ1n) is 7.30. The lowest BCUT2D eigenvalue weighted by Gasteiger charge is -2.18. The van der Waals surface area contributed by atoms with Crippen molar-refractivity contribution in [2.24, 2.45) is 5.73 Å². The number of imide groups is 1. The molecule has 0 spiro atoms. The van der Waals surface area contributed by atoms with Crippen molar-refractivity contribution in [1.29, 1.82) is 0 Å². The van der Waals surface area contributed by atoms with Gasteiger partial charge in [0.05, 0.1) is 17.0 Å². The molecule has 1 atom stereocenters. The first-order valence-corrected chi connectivity index (χ1v) is 8.49. The second-order valence-corrected chi connectivity index (χ2v) is 6.60. The Labute approximate surface area is 158 Å². The van der Waals surface area contributed by atoms with Gasteiger partial charge in [-0.05, 0) is 42.5 Å². The zero-order chi connectivity index (χ0) is 19.4. The minimum absolute atomic E-state index is 0.146. The summed E-state index contributed by atoms with van der Waals surface area (Å²) < 4.78 is 9.70. The zero-order valence-electron chi connectivity index (χ0n) is 13.9. The van der Waals surface area contributed by atoms with Gasteiger partial charge in [-0.15, -0.1) is 0 Å². The van der Waals surface area contributed by atoms with Crippen LogP contribution in [0.1, 0.15) is 12.5 Å². The SMILES string of the molecule is COC(=O)C(C)N1C(=O)SC(=Cc2ccc(OCC(N)=O)c(Cl)c2)C1=O. The summed E-state index contributed by atoms with van der Waals surface area (Å²) in [7, 11) is 1.18. The number of amides is 3. The number of hydrogen-bond donors (Lipinski definition) is 1. The smallest absolute Gasteiger partial charge is 0.328 e. The molecule has 0 aliphatic carbocycles. The summed E-state index contributed by atoms with van der Waals surface area (Å²) in [4.78, 5) is 47.8. The van der Waals surface area contributed by atoms with Gasteiger partial charge in [-0.25, -0.2) is 4.79 Å². The summed E-state index contributed by atoms with van der Waals surface area (Å²) in [5.74, 6) is -1.66. The van der Waals surface area contributed by atoms with E-state index in [-0.39, 0.29) is 22.3 Å². The molecule has 1 unspecified atom stereocenters. The molecule has 138 valence electrons. The first kappa shape index (κ1) is 19.8. The first-order chi connectivity index (χ1) is 12.2. The van der Waals surface area contributed by atoms with E-state index in [0.717, 1.165) is 4.90 Å². The van der Waals surface area contributed by atoms with Crippen LogP contribution in [0.25, 0.3) is 6.08 Å². The van der Waals surface area contributed by atoms with Crippen molar-refractivity contribution in [1.82, 2.24) is 4.90 Å². The maximum Gasteiger partial charge on any atom is 0.328 e. The Bertz CT molecular complexity index is 810. The molecule has 0 radical (unpaired) electrons. The molecule has 1 saturated heterocycles. The Morgan fingerprint density at radius 1 is 1.38 bits per heavy atom. The minimum Gasteiger partial charge on any atom is -0.482 e. The Hall–Kier alpha value is -2.52. The fourth-order valence-corrected chi connectivity index (χ4v) is 3.27. The van der Waals surface area contributed by atoms with Crippen molar-refractivity contribution in [3.05, 3.63) is 33.7 Å². The number of benzene rings is 1. The molecule has 26 heavy (non-hydrogen) atoms. The monoisotopic (exact) mass is 398 g/mol. The third kappa shape index (κ3) is 4.36. The molecule has 1 aromatic rings.